The van der Waals surface area contributed by atoms with E-state index in [1.807, 2.05) is 0 Å². The molecule has 2 heterocycles. The molecule has 0 saturated carbocycles. The van der Waals surface area contributed by atoms with Crippen molar-refractivity contribution in [2.24, 2.45) is 5.92 Å². The van der Waals surface area contributed by atoms with Crippen LogP contribution in [0, 0.1) is 12.8 Å². The van der Waals surface area contributed by atoms with Crippen molar-refractivity contribution in [2.45, 2.75) is 20.8 Å². The molecule has 6 heteroatoms. The number of thiophene rings is 1. The molecule has 0 radical (unpaired) electrons. The Morgan fingerprint density at radius 2 is 2.15 bits per heavy atom. The largest absolute Gasteiger partial charge is 0.383 e. The second kappa shape index (κ2) is 6.37. The molecular weight excluding hydrogens is 272 g/mol. The molecule has 110 valence electrons. The number of methoxy groups -OCH3 is 1. The Morgan fingerprint density at radius 1 is 1.40 bits per heavy atom. The number of fused-ring (bicyclic) bond motifs is 1. The topological polar surface area (TPSA) is 64.3 Å². The van der Waals surface area contributed by atoms with Crippen molar-refractivity contribution >= 4 is 33.3 Å². The SMILES string of the molecule is COCCN(CC(C)C)c1nc(N)nc2sc(C)cc12. The summed E-state index contributed by atoms with van der Waals surface area (Å²) in [6.07, 6.45) is 0. The standard InChI is InChI=1S/C14H22N4OS/c1-9(2)8-18(5-6-19-4)12-11-7-10(3)20-13(11)17-14(15)16-12/h7,9H,5-6,8H2,1-4H3,(H2,15,16,17). The number of aryl methyl sites for hydroxylation is 1. The van der Waals surface area contributed by atoms with Crippen molar-refractivity contribution < 1.29 is 4.74 Å². The van der Waals surface area contributed by atoms with Gasteiger partial charge < -0.3 is 15.4 Å². The predicted molar refractivity (Wildman–Crippen MR) is 85.5 cm³/mol. The highest BCUT2D eigenvalue weighted by atomic mass is 32.1. The molecule has 2 aromatic rings. The van der Waals surface area contributed by atoms with Crippen LogP contribution in [0.3, 0.4) is 0 Å². The van der Waals surface area contributed by atoms with E-state index in [-0.39, 0.29) is 0 Å². The van der Waals surface area contributed by atoms with Crippen LogP contribution in [0.25, 0.3) is 10.2 Å². The highest BCUT2D eigenvalue weighted by Gasteiger charge is 2.16. The van der Waals surface area contributed by atoms with Crippen LogP contribution in [0.2, 0.25) is 0 Å². The van der Waals surface area contributed by atoms with E-state index in [1.165, 1.54) is 4.88 Å². The third-order valence-electron chi connectivity index (χ3n) is 2.96. The Morgan fingerprint density at radius 3 is 2.80 bits per heavy atom. The third kappa shape index (κ3) is 3.37. The number of hydrogen-bond donors (Lipinski definition) is 1. The number of anilines is 2. The normalized spacial score (nSPS) is 11.4. The van der Waals surface area contributed by atoms with Gasteiger partial charge >= 0.3 is 0 Å². The number of aromatic nitrogens is 2. The summed E-state index contributed by atoms with van der Waals surface area (Å²) < 4.78 is 5.21. The molecule has 0 spiro atoms. The maximum Gasteiger partial charge on any atom is 0.223 e. The first-order chi connectivity index (χ1) is 9.51. The molecule has 5 nitrogen and oxygen atoms in total. The number of ether oxygens (including phenoxy) is 1. The van der Waals surface area contributed by atoms with Crippen LogP contribution in [-0.4, -0.2) is 36.8 Å². The molecule has 0 atom stereocenters. The zero-order chi connectivity index (χ0) is 14.7. The molecule has 20 heavy (non-hydrogen) atoms. The molecule has 0 aliphatic heterocycles. The minimum absolute atomic E-state index is 0.334. The fourth-order valence-electron chi connectivity index (χ4n) is 2.21. The average molecular weight is 294 g/mol. The predicted octanol–water partition coefficient (Wildman–Crippen LogP) is 2.69. The van der Waals surface area contributed by atoms with E-state index in [9.17, 15) is 0 Å². The van der Waals surface area contributed by atoms with Crippen LogP contribution < -0.4 is 10.6 Å². The molecule has 0 aliphatic rings. The first kappa shape index (κ1) is 15.0. The minimum Gasteiger partial charge on any atom is -0.383 e. The first-order valence-electron chi connectivity index (χ1n) is 6.78. The van der Waals surface area contributed by atoms with Crippen LogP contribution in [-0.2, 0) is 4.74 Å². The summed E-state index contributed by atoms with van der Waals surface area (Å²) in [5, 5.41) is 1.08. The van der Waals surface area contributed by atoms with Crippen LogP contribution in [0.5, 0.6) is 0 Å². The average Bonchev–Trinajstić information content (AvgIpc) is 2.73. The van der Waals surface area contributed by atoms with E-state index in [2.05, 4.69) is 41.7 Å². The molecule has 0 bridgehead atoms. The molecule has 2 N–H and O–H groups in total. The van der Waals surface area contributed by atoms with Gasteiger partial charge in [-0.3, -0.25) is 0 Å². The van der Waals surface area contributed by atoms with E-state index in [0.29, 0.717) is 18.5 Å². The Balaban J connectivity index is 2.44. The maximum absolute atomic E-state index is 5.86. The van der Waals surface area contributed by atoms with Crippen LogP contribution in [0.4, 0.5) is 11.8 Å². The number of nitrogens with zero attached hydrogens (tertiary/aromatic N) is 3. The van der Waals surface area contributed by atoms with Gasteiger partial charge in [-0.05, 0) is 18.9 Å². The van der Waals surface area contributed by atoms with E-state index in [1.54, 1.807) is 18.4 Å². The van der Waals surface area contributed by atoms with Gasteiger partial charge in [-0.25, -0.2) is 4.98 Å². The molecule has 0 amide bonds. The maximum atomic E-state index is 5.86. The fourth-order valence-corrected chi connectivity index (χ4v) is 3.09. The van der Waals surface area contributed by atoms with E-state index >= 15 is 0 Å². The molecule has 2 rings (SSSR count). The lowest BCUT2D eigenvalue weighted by molar-refractivity contribution is 0.204. The Labute approximate surface area is 123 Å². The lowest BCUT2D eigenvalue weighted by atomic mass is 10.2. The van der Waals surface area contributed by atoms with Crippen molar-refractivity contribution in [1.29, 1.82) is 0 Å². The van der Waals surface area contributed by atoms with Gasteiger partial charge in [0.05, 0.1) is 12.0 Å². The molecule has 0 saturated heterocycles. The van der Waals surface area contributed by atoms with Crippen molar-refractivity contribution in [3.8, 4) is 0 Å². The van der Waals surface area contributed by atoms with Crippen LogP contribution >= 0.6 is 11.3 Å². The summed E-state index contributed by atoms with van der Waals surface area (Å²) in [6, 6.07) is 2.13. The highest BCUT2D eigenvalue weighted by molar-refractivity contribution is 7.18. The second-order valence-electron chi connectivity index (χ2n) is 5.31. The zero-order valence-corrected chi connectivity index (χ0v) is 13.3. The van der Waals surface area contributed by atoms with Gasteiger partial charge in [0.25, 0.3) is 0 Å². The van der Waals surface area contributed by atoms with Gasteiger partial charge in [0.15, 0.2) is 0 Å². The summed E-state index contributed by atoms with van der Waals surface area (Å²) >= 11 is 1.65. The quantitative estimate of drug-likeness (QED) is 0.887. The highest BCUT2D eigenvalue weighted by Crippen LogP contribution is 2.31. The Hall–Kier alpha value is -1.40. The van der Waals surface area contributed by atoms with Gasteiger partial charge in [0, 0.05) is 25.1 Å². The fraction of sp³-hybridized carbons (Fsp3) is 0.571. The lowest BCUT2D eigenvalue weighted by Gasteiger charge is -2.26. The van der Waals surface area contributed by atoms with Crippen LogP contribution in [0.15, 0.2) is 6.07 Å². The van der Waals surface area contributed by atoms with Crippen LogP contribution in [0.1, 0.15) is 18.7 Å². The van der Waals surface area contributed by atoms with Crippen molar-refractivity contribution in [3.63, 3.8) is 0 Å². The number of hydrogen-bond acceptors (Lipinski definition) is 6. The first-order valence-corrected chi connectivity index (χ1v) is 7.60. The van der Waals surface area contributed by atoms with Crippen molar-refractivity contribution in [2.75, 3.05) is 37.4 Å². The molecule has 0 aliphatic carbocycles. The minimum atomic E-state index is 0.334. The van der Waals surface area contributed by atoms with Crippen molar-refractivity contribution in [3.05, 3.63) is 10.9 Å². The summed E-state index contributed by atoms with van der Waals surface area (Å²) in [4.78, 5) is 13.2. The van der Waals surface area contributed by atoms with Gasteiger partial charge in [-0.15, -0.1) is 11.3 Å². The summed E-state index contributed by atoms with van der Waals surface area (Å²) in [5.41, 5.74) is 5.86. The monoisotopic (exact) mass is 294 g/mol. The number of nitrogens with two attached hydrogens (primary N) is 1. The third-order valence-corrected chi connectivity index (χ3v) is 3.91. The van der Waals surface area contributed by atoms with E-state index in [4.69, 9.17) is 10.5 Å². The van der Waals surface area contributed by atoms with E-state index in [0.717, 1.165) is 29.1 Å². The molecule has 2 aromatic heterocycles. The molecular formula is C14H22N4OS. The van der Waals surface area contributed by atoms with Gasteiger partial charge in [0.1, 0.15) is 10.6 Å². The summed E-state index contributed by atoms with van der Waals surface area (Å²) in [6.45, 7) is 8.86. The number of nitrogen functional groups attached to an aromatic ring is 1. The second-order valence-corrected chi connectivity index (χ2v) is 6.55. The van der Waals surface area contributed by atoms with Gasteiger partial charge in [0.2, 0.25) is 5.95 Å². The van der Waals surface area contributed by atoms with Gasteiger partial charge in [-0.1, -0.05) is 13.8 Å². The van der Waals surface area contributed by atoms with Gasteiger partial charge in [-0.2, -0.15) is 4.98 Å². The molecule has 0 unspecified atom stereocenters. The Bertz CT molecular complexity index is 582. The number of rotatable bonds is 6. The molecule has 0 aromatic carbocycles. The smallest absolute Gasteiger partial charge is 0.223 e. The lowest BCUT2D eigenvalue weighted by Crippen LogP contribution is -2.32. The Kier molecular flexibility index (Phi) is 4.77. The van der Waals surface area contributed by atoms with Crippen molar-refractivity contribution in [1.82, 2.24) is 9.97 Å². The summed E-state index contributed by atoms with van der Waals surface area (Å²) in [7, 11) is 1.71. The summed E-state index contributed by atoms with van der Waals surface area (Å²) in [5.74, 6) is 1.79. The van der Waals surface area contributed by atoms with E-state index < -0.39 is 0 Å². The molecule has 0 fully saturated rings. The zero-order valence-electron chi connectivity index (χ0n) is 12.5.